The maximum Gasteiger partial charge on any atom is 0.323 e. The van der Waals surface area contributed by atoms with Crippen molar-refractivity contribution in [1.29, 1.82) is 0 Å². The quantitative estimate of drug-likeness (QED) is 0.503. The number of hydrogen-bond acceptors (Lipinski definition) is 3. The third-order valence-electron chi connectivity index (χ3n) is 5.12. The van der Waals surface area contributed by atoms with Crippen molar-refractivity contribution >= 4 is 26.9 Å². The average Bonchev–Trinajstić information content (AvgIpc) is 2.93. The first-order valence-electron chi connectivity index (χ1n) is 9.80. The molecule has 3 rings (SSSR count). The molecular weight excluding hydrogens is 407 g/mol. The summed E-state index contributed by atoms with van der Waals surface area (Å²) in [6.07, 6.45) is 2.00. The van der Waals surface area contributed by atoms with Crippen molar-refractivity contribution in [3.05, 3.63) is 65.1 Å². The van der Waals surface area contributed by atoms with E-state index in [9.17, 15) is 22.7 Å². The molecule has 0 atom stereocenters. The molecule has 30 heavy (non-hydrogen) atoms. The number of nitrogens with zero attached hydrogens (tertiary/aromatic N) is 1. The number of halogens is 1. The lowest BCUT2D eigenvalue weighted by Crippen LogP contribution is -2.24. The Morgan fingerprint density at radius 3 is 2.67 bits per heavy atom. The van der Waals surface area contributed by atoms with E-state index in [1.165, 1.54) is 18.2 Å². The smallest absolute Gasteiger partial charge is 0.323 e. The molecule has 0 spiro atoms. The second-order valence-corrected chi connectivity index (χ2v) is 9.05. The molecule has 0 aliphatic rings. The van der Waals surface area contributed by atoms with E-state index in [2.05, 4.69) is 4.72 Å². The molecular formula is C22H25FN2O4S. The van der Waals surface area contributed by atoms with Gasteiger partial charge in [-0.2, -0.15) is 0 Å². The Kier molecular flexibility index (Phi) is 6.58. The zero-order valence-corrected chi connectivity index (χ0v) is 17.8. The summed E-state index contributed by atoms with van der Waals surface area (Å²) in [7, 11) is -3.61. The molecule has 0 aliphatic carbocycles. The van der Waals surface area contributed by atoms with Crippen LogP contribution in [0.5, 0.6) is 0 Å². The van der Waals surface area contributed by atoms with Gasteiger partial charge in [-0.1, -0.05) is 25.5 Å². The van der Waals surface area contributed by atoms with Crippen LogP contribution in [0, 0.1) is 12.7 Å². The Balaban J connectivity index is 2.00. The van der Waals surface area contributed by atoms with Crippen LogP contribution in [0.2, 0.25) is 0 Å². The number of sulfonamides is 1. The van der Waals surface area contributed by atoms with Crippen LogP contribution >= 0.6 is 0 Å². The third kappa shape index (κ3) is 4.71. The Hall–Kier alpha value is -2.71. The molecule has 0 unspecified atom stereocenters. The molecule has 3 aromatic rings. The van der Waals surface area contributed by atoms with Gasteiger partial charge >= 0.3 is 5.97 Å². The van der Waals surface area contributed by atoms with Gasteiger partial charge in [0.2, 0.25) is 10.0 Å². The number of fused-ring (bicyclic) bond motifs is 1. The van der Waals surface area contributed by atoms with Crippen LogP contribution in [-0.4, -0.2) is 30.6 Å². The van der Waals surface area contributed by atoms with Gasteiger partial charge in [0.25, 0.3) is 0 Å². The molecule has 2 aromatic carbocycles. The van der Waals surface area contributed by atoms with E-state index >= 15 is 0 Å². The lowest BCUT2D eigenvalue weighted by atomic mass is 10.0. The van der Waals surface area contributed by atoms with E-state index in [0.29, 0.717) is 29.6 Å². The summed E-state index contributed by atoms with van der Waals surface area (Å²) < 4.78 is 43.2. The van der Waals surface area contributed by atoms with Crippen LogP contribution in [-0.2, 0) is 27.8 Å². The summed E-state index contributed by atoms with van der Waals surface area (Å²) >= 11 is 0. The van der Waals surface area contributed by atoms with Gasteiger partial charge in [-0.15, -0.1) is 0 Å². The summed E-state index contributed by atoms with van der Waals surface area (Å²) in [6.45, 7) is 3.93. The molecule has 1 aromatic heterocycles. The van der Waals surface area contributed by atoms with Gasteiger partial charge in [-0.05, 0) is 61.2 Å². The first-order chi connectivity index (χ1) is 14.2. The maximum atomic E-state index is 13.9. The summed E-state index contributed by atoms with van der Waals surface area (Å²) in [5, 5.41) is 9.88. The summed E-state index contributed by atoms with van der Waals surface area (Å²) in [6, 6.07) is 10.9. The highest BCUT2D eigenvalue weighted by Gasteiger charge is 2.18. The number of nitrogens with one attached hydrogen (secondary N) is 1. The Bertz CT molecular complexity index is 1190. The Morgan fingerprint density at radius 2 is 1.97 bits per heavy atom. The minimum atomic E-state index is -3.61. The van der Waals surface area contributed by atoms with Crippen molar-refractivity contribution in [3.63, 3.8) is 0 Å². The van der Waals surface area contributed by atoms with Crippen LogP contribution in [0.3, 0.4) is 0 Å². The van der Waals surface area contributed by atoms with Crippen molar-refractivity contribution < 1.29 is 22.7 Å². The lowest BCUT2D eigenvalue weighted by Gasteiger charge is -2.09. The van der Waals surface area contributed by atoms with Crippen LogP contribution in [0.4, 0.5) is 4.39 Å². The number of unbranched alkanes of at least 4 members (excludes halogenated alkanes) is 1. The van der Waals surface area contributed by atoms with E-state index in [1.54, 1.807) is 29.7 Å². The van der Waals surface area contributed by atoms with E-state index < -0.39 is 21.8 Å². The molecule has 2 N–H and O–H groups in total. The number of carbonyl (C=O) groups is 1. The fourth-order valence-electron chi connectivity index (χ4n) is 3.58. The predicted octanol–water partition coefficient (Wildman–Crippen LogP) is 3.84. The second-order valence-electron chi connectivity index (χ2n) is 7.28. The molecule has 0 saturated heterocycles. The second kappa shape index (κ2) is 8.97. The van der Waals surface area contributed by atoms with Crippen molar-refractivity contribution in [2.45, 2.75) is 44.6 Å². The zero-order chi connectivity index (χ0) is 21.9. The average molecular weight is 433 g/mol. The molecule has 160 valence electrons. The number of benzene rings is 2. The molecule has 1 heterocycles. The fourth-order valence-corrected chi connectivity index (χ4v) is 4.72. The number of hydrogen-bond donors (Lipinski definition) is 2. The van der Waals surface area contributed by atoms with Crippen LogP contribution in [0.15, 0.2) is 47.4 Å². The van der Waals surface area contributed by atoms with Crippen LogP contribution < -0.4 is 4.72 Å². The summed E-state index contributed by atoms with van der Waals surface area (Å²) in [5.41, 5.74) is 2.87. The van der Waals surface area contributed by atoms with E-state index in [-0.39, 0.29) is 11.4 Å². The monoisotopic (exact) mass is 432 g/mol. The first-order valence-corrected chi connectivity index (χ1v) is 11.3. The highest BCUT2D eigenvalue weighted by Crippen LogP contribution is 2.29. The molecule has 0 saturated carbocycles. The van der Waals surface area contributed by atoms with Gasteiger partial charge in [0.1, 0.15) is 12.4 Å². The van der Waals surface area contributed by atoms with Crippen LogP contribution in [0.25, 0.3) is 10.9 Å². The van der Waals surface area contributed by atoms with Gasteiger partial charge in [0.05, 0.1) is 4.90 Å². The zero-order valence-electron chi connectivity index (χ0n) is 17.0. The number of aromatic nitrogens is 1. The van der Waals surface area contributed by atoms with Crippen LogP contribution in [0.1, 0.15) is 36.6 Å². The summed E-state index contributed by atoms with van der Waals surface area (Å²) in [4.78, 5) is 11.5. The fraction of sp³-hybridized carbons (Fsp3) is 0.318. The van der Waals surface area contributed by atoms with Gasteiger partial charge in [0, 0.05) is 23.1 Å². The van der Waals surface area contributed by atoms with Crippen molar-refractivity contribution in [2.24, 2.45) is 0 Å². The van der Waals surface area contributed by atoms with Gasteiger partial charge in [-0.25, -0.2) is 17.5 Å². The van der Waals surface area contributed by atoms with Crippen molar-refractivity contribution in [2.75, 3.05) is 6.54 Å². The molecule has 6 nitrogen and oxygen atoms in total. The first kappa shape index (κ1) is 22.0. The number of carboxylic acids is 1. The number of rotatable bonds is 9. The third-order valence-corrected chi connectivity index (χ3v) is 6.58. The standard InChI is InChI=1S/C22H25FN2O4S/c1-3-4-10-24-30(28,29)18-7-5-6-16(11-18)12-19-15(2)25(14-22(26)27)21-9-8-17(23)13-20(19)21/h5-9,11,13,24H,3-4,10,12,14H2,1-2H3,(H,26,27). The summed E-state index contributed by atoms with van der Waals surface area (Å²) in [5.74, 6) is -1.40. The van der Waals surface area contributed by atoms with E-state index in [0.717, 1.165) is 24.0 Å². The number of carboxylic acid groups (broad SMARTS) is 1. The Labute approximate surface area is 175 Å². The van der Waals surface area contributed by atoms with Gasteiger partial charge < -0.3 is 9.67 Å². The molecule has 0 fully saturated rings. The largest absolute Gasteiger partial charge is 0.480 e. The SMILES string of the molecule is CCCCNS(=O)(=O)c1cccc(Cc2c(C)n(CC(=O)O)c3ccc(F)cc23)c1. The molecule has 0 radical (unpaired) electrons. The van der Waals surface area contributed by atoms with E-state index in [4.69, 9.17) is 0 Å². The predicted molar refractivity (Wildman–Crippen MR) is 114 cm³/mol. The highest BCUT2D eigenvalue weighted by atomic mass is 32.2. The van der Waals surface area contributed by atoms with Crippen molar-refractivity contribution in [1.82, 2.24) is 9.29 Å². The van der Waals surface area contributed by atoms with Gasteiger partial charge in [0.15, 0.2) is 0 Å². The topological polar surface area (TPSA) is 88.4 Å². The minimum Gasteiger partial charge on any atom is -0.480 e. The normalized spacial score (nSPS) is 11.8. The van der Waals surface area contributed by atoms with E-state index in [1.807, 2.05) is 13.0 Å². The van der Waals surface area contributed by atoms with Gasteiger partial charge in [-0.3, -0.25) is 4.79 Å². The molecule has 0 amide bonds. The molecule has 0 bridgehead atoms. The minimum absolute atomic E-state index is 0.175. The van der Waals surface area contributed by atoms with Crippen molar-refractivity contribution in [3.8, 4) is 0 Å². The lowest BCUT2D eigenvalue weighted by molar-refractivity contribution is -0.137. The number of aliphatic carboxylic acids is 1. The maximum absolute atomic E-state index is 13.9. The highest BCUT2D eigenvalue weighted by molar-refractivity contribution is 7.89. The molecule has 0 aliphatic heterocycles. The Morgan fingerprint density at radius 1 is 1.20 bits per heavy atom. The molecule has 8 heteroatoms.